The Labute approximate surface area is 170 Å². The van der Waals surface area contributed by atoms with E-state index in [0.717, 1.165) is 25.4 Å². The van der Waals surface area contributed by atoms with Gasteiger partial charge in [0.05, 0.1) is 19.8 Å². The molecule has 150 valence electrons. The molecule has 0 bridgehead atoms. The molecule has 0 N–H and O–H groups in total. The number of halogens is 1. The molecule has 0 atom stereocenters. The summed E-state index contributed by atoms with van der Waals surface area (Å²) in [5.74, 6) is 1.99. The molecule has 3 rings (SSSR count). The number of nitrogens with zero attached hydrogens (tertiary/aromatic N) is 2. The molecule has 0 spiro atoms. The number of carbonyl (C=O) groups excluding carboxylic acids is 1. The zero-order valence-corrected chi connectivity index (χ0v) is 16.9. The van der Waals surface area contributed by atoms with E-state index in [1.807, 2.05) is 29.2 Å². The van der Waals surface area contributed by atoms with Crippen LogP contribution in [0.2, 0.25) is 5.02 Å². The van der Waals surface area contributed by atoms with Crippen LogP contribution in [0.5, 0.6) is 17.2 Å². The maximum absolute atomic E-state index is 12.9. The van der Waals surface area contributed by atoms with Crippen LogP contribution >= 0.6 is 11.6 Å². The van der Waals surface area contributed by atoms with Gasteiger partial charge < -0.3 is 19.1 Å². The van der Waals surface area contributed by atoms with Gasteiger partial charge in [0.2, 0.25) is 0 Å². The average molecular weight is 405 g/mol. The fourth-order valence-electron chi connectivity index (χ4n) is 3.14. The number of hydrogen-bond acceptors (Lipinski definition) is 5. The maximum Gasteiger partial charge on any atom is 0.257 e. The lowest BCUT2D eigenvalue weighted by Gasteiger charge is -2.34. The van der Waals surface area contributed by atoms with Crippen LogP contribution in [0.4, 0.5) is 0 Å². The standard InChI is InChI=1S/C21H25ClN2O4/c1-26-18-7-8-19(20(15-18)27-2)21(25)24-11-9-23(10-12-24)13-14-28-17-5-3-16(22)4-6-17/h3-8,15H,9-14H2,1-2H3. The van der Waals surface area contributed by atoms with Crippen LogP contribution < -0.4 is 14.2 Å². The van der Waals surface area contributed by atoms with Crippen molar-refractivity contribution in [2.75, 3.05) is 53.6 Å². The van der Waals surface area contributed by atoms with Crippen LogP contribution in [0.3, 0.4) is 0 Å². The molecule has 1 aliphatic heterocycles. The lowest BCUT2D eigenvalue weighted by molar-refractivity contribution is 0.0617. The highest BCUT2D eigenvalue weighted by Gasteiger charge is 2.24. The smallest absolute Gasteiger partial charge is 0.257 e. The number of carbonyl (C=O) groups is 1. The Morgan fingerprint density at radius 2 is 1.64 bits per heavy atom. The fraction of sp³-hybridized carbons (Fsp3) is 0.381. The second-order valence-electron chi connectivity index (χ2n) is 6.50. The Morgan fingerprint density at radius 1 is 0.964 bits per heavy atom. The molecule has 28 heavy (non-hydrogen) atoms. The van der Waals surface area contributed by atoms with Gasteiger partial charge in [0, 0.05) is 43.8 Å². The first-order chi connectivity index (χ1) is 13.6. The van der Waals surface area contributed by atoms with Crippen LogP contribution in [0.15, 0.2) is 42.5 Å². The second-order valence-corrected chi connectivity index (χ2v) is 6.94. The van der Waals surface area contributed by atoms with E-state index in [4.69, 9.17) is 25.8 Å². The predicted octanol–water partition coefficient (Wildman–Crippen LogP) is 3.19. The van der Waals surface area contributed by atoms with Gasteiger partial charge in [0.1, 0.15) is 23.9 Å². The van der Waals surface area contributed by atoms with Crippen molar-refractivity contribution in [1.29, 1.82) is 0 Å². The Hall–Kier alpha value is -2.44. The maximum atomic E-state index is 12.9. The highest BCUT2D eigenvalue weighted by Crippen LogP contribution is 2.26. The van der Waals surface area contributed by atoms with Crippen molar-refractivity contribution in [2.24, 2.45) is 0 Å². The summed E-state index contributed by atoms with van der Waals surface area (Å²) < 4.78 is 16.3. The minimum Gasteiger partial charge on any atom is -0.497 e. The number of piperazine rings is 1. The van der Waals surface area contributed by atoms with Gasteiger partial charge in [-0.05, 0) is 36.4 Å². The van der Waals surface area contributed by atoms with Crippen LogP contribution in [0.25, 0.3) is 0 Å². The first-order valence-corrected chi connectivity index (χ1v) is 9.60. The van der Waals surface area contributed by atoms with Gasteiger partial charge in [-0.15, -0.1) is 0 Å². The SMILES string of the molecule is COc1ccc(C(=O)N2CCN(CCOc3ccc(Cl)cc3)CC2)c(OC)c1. The number of rotatable bonds is 7. The van der Waals surface area contributed by atoms with Gasteiger partial charge in [0.25, 0.3) is 5.91 Å². The van der Waals surface area contributed by atoms with E-state index in [1.54, 1.807) is 32.4 Å². The molecule has 2 aromatic rings. The van der Waals surface area contributed by atoms with Gasteiger partial charge in [0.15, 0.2) is 0 Å². The number of hydrogen-bond donors (Lipinski definition) is 0. The first-order valence-electron chi connectivity index (χ1n) is 9.22. The second kappa shape index (κ2) is 9.66. The van der Waals surface area contributed by atoms with Crippen molar-refractivity contribution in [3.63, 3.8) is 0 Å². The molecule has 0 aromatic heterocycles. The molecular weight excluding hydrogens is 380 g/mol. The van der Waals surface area contributed by atoms with E-state index in [0.29, 0.717) is 41.8 Å². The summed E-state index contributed by atoms with van der Waals surface area (Å²) >= 11 is 5.88. The van der Waals surface area contributed by atoms with Crippen molar-refractivity contribution in [3.05, 3.63) is 53.1 Å². The molecule has 0 radical (unpaired) electrons. The summed E-state index contributed by atoms with van der Waals surface area (Å²) in [5.41, 5.74) is 0.558. The summed E-state index contributed by atoms with van der Waals surface area (Å²) in [7, 11) is 3.15. The third kappa shape index (κ3) is 5.09. The molecular formula is C21H25ClN2O4. The van der Waals surface area contributed by atoms with Gasteiger partial charge >= 0.3 is 0 Å². The Kier molecular flexibility index (Phi) is 7.01. The van der Waals surface area contributed by atoms with Crippen LogP contribution in [0, 0.1) is 0 Å². The van der Waals surface area contributed by atoms with Gasteiger partial charge in [-0.3, -0.25) is 9.69 Å². The van der Waals surface area contributed by atoms with Crippen LogP contribution in [-0.2, 0) is 0 Å². The Bertz CT molecular complexity index is 789. The van der Waals surface area contributed by atoms with Crippen molar-refractivity contribution in [2.45, 2.75) is 0 Å². The molecule has 0 aliphatic carbocycles. The highest BCUT2D eigenvalue weighted by molar-refractivity contribution is 6.30. The first kappa shape index (κ1) is 20.3. The molecule has 1 heterocycles. The normalized spacial score (nSPS) is 14.6. The third-order valence-electron chi connectivity index (χ3n) is 4.79. The van der Waals surface area contributed by atoms with E-state index >= 15 is 0 Å². The molecule has 0 saturated carbocycles. The number of benzene rings is 2. The number of amides is 1. The van der Waals surface area contributed by atoms with Crippen molar-refractivity contribution < 1.29 is 19.0 Å². The third-order valence-corrected chi connectivity index (χ3v) is 5.04. The molecule has 1 aliphatic rings. The van der Waals surface area contributed by atoms with Crippen molar-refractivity contribution in [1.82, 2.24) is 9.80 Å². The summed E-state index contributed by atoms with van der Waals surface area (Å²) in [6.07, 6.45) is 0. The molecule has 1 fully saturated rings. The monoisotopic (exact) mass is 404 g/mol. The average Bonchev–Trinajstić information content (AvgIpc) is 2.74. The van der Waals surface area contributed by atoms with E-state index in [1.165, 1.54) is 0 Å². The topological polar surface area (TPSA) is 51.2 Å². The molecule has 1 saturated heterocycles. The van der Waals surface area contributed by atoms with Crippen LogP contribution in [-0.4, -0.2) is 69.3 Å². The largest absolute Gasteiger partial charge is 0.497 e. The fourth-order valence-corrected chi connectivity index (χ4v) is 3.27. The summed E-state index contributed by atoms with van der Waals surface area (Å²) in [6.45, 7) is 4.39. The quantitative estimate of drug-likeness (QED) is 0.709. The van der Waals surface area contributed by atoms with E-state index in [2.05, 4.69) is 4.90 Å². The molecule has 0 unspecified atom stereocenters. The van der Waals surface area contributed by atoms with E-state index < -0.39 is 0 Å². The zero-order chi connectivity index (χ0) is 19.9. The van der Waals surface area contributed by atoms with Crippen molar-refractivity contribution >= 4 is 17.5 Å². The highest BCUT2D eigenvalue weighted by atomic mass is 35.5. The lowest BCUT2D eigenvalue weighted by atomic mass is 10.1. The molecule has 7 heteroatoms. The van der Waals surface area contributed by atoms with E-state index in [-0.39, 0.29) is 5.91 Å². The Balaban J connectivity index is 1.48. The molecule has 6 nitrogen and oxygen atoms in total. The molecule has 1 amide bonds. The van der Waals surface area contributed by atoms with Gasteiger partial charge in [-0.1, -0.05) is 11.6 Å². The minimum absolute atomic E-state index is 0.0171. The van der Waals surface area contributed by atoms with E-state index in [9.17, 15) is 4.79 Å². The van der Waals surface area contributed by atoms with Gasteiger partial charge in [-0.2, -0.15) is 0 Å². The summed E-state index contributed by atoms with van der Waals surface area (Å²) in [6, 6.07) is 12.6. The van der Waals surface area contributed by atoms with Gasteiger partial charge in [-0.25, -0.2) is 0 Å². The lowest BCUT2D eigenvalue weighted by Crippen LogP contribution is -2.49. The number of methoxy groups -OCH3 is 2. The zero-order valence-electron chi connectivity index (χ0n) is 16.2. The number of ether oxygens (including phenoxy) is 3. The summed E-state index contributed by atoms with van der Waals surface area (Å²) in [5, 5.41) is 0.696. The Morgan fingerprint density at radius 3 is 2.29 bits per heavy atom. The molecule has 2 aromatic carbocycles. The minimum atomic E-state index is -0.0171. The summed E-state index contributed by atoms with van der Waals surface area (Å²) in [4.78, 5) is 17.0. The predicted molar refractivity (Wildman–Crippen MR) is 109 cm³/mol. The van der Waals surface area contributed by atoms with Crippen LogP contribution in [0.1, 0.15) is 10.4 Å². The van der Waals surface area contributed by atoms with Crippen molar-refractivity contribution in [3.8, 4) is 17.2 Å².